The number of halogens is 3. The van der Waals surface area contributed by atoms with E-state index in [4.69, 9.17) is 4.74 Å². The molecule has 0 unspecified atom stereocenters. The van der Waals surface area contributed by atoms with E-state index in [0.717, 1.165) is 6.07 Å². The zero-order valence-electron chi connectivity index (χ0n) is 12.4. The van der Waals surface area contributed by atoms with Gasteiger partial charge in [0.15, 0.2) is 0 Å². The maximum absolute atomic E-state index is 13.4. The smallest absolute Gasteiger partial charge is 0.361 e. The molecule has 0 atom stereocenters. The predicted octanol–water partition coefficient (Wildman–Crippen LogP) is 4.67. The maximum atomic E-state index is 13.4. The standard InChI is InChI=1S/C15H17F3N2OS/c1-3-21-10-20-9-8-19-14(20)13-11(15(16,17)18)6-5-7-12(13)22-4-2/h5-9H,3-4,10H2,1-2H3. The highest BCUT2D eigenvalue weighted by atomic mass is 32.2. The molecule has 1 aromatic carbocycles. The van der Waals surface area contributed by atoms with Gasteiger partial charge < -0.3 is 9.30 Å². The van der Waals surface area contributed by atoms with Crippen molar-refractivity contribution in [2.45, 2.75) is 31.7 Å². The SMILES string of the molecule is CCOCn1ccnc1-c1c(SCC)cccc1C(F)(F)F. The molecule has 0 N–H and O–H groups in total. The molecule has 0 spiro atoms. The highest BCUT2D eigenvalue weighted by molar-refractivity contribution is 7.99. The van der Waals surface area contributed by atoms with Crippen LogP contribution in [0, 0.1) is 0 Å². The fourth-order valence-electron chi connectivity index (χ4n) is 2.10. The van der Waals surface area contributed by atoms with Crippen molar-refractivity contribution in [1.29, 1.82) is 0 Å². The van der Waals surface area contributed by atoms with Crippen molar-refractivity contribution in [3.8, 4) is 11.4 Å². The van der Waals surface area contributed by atoms with E-state index in [1.807, 2.05) is 13.8 Å². The summed E-state index contributed by atoms with van der Waals surface area (Å²) in [5.74, 6) is 0.956. The molecule has 0 saturated carbocycles. The van der Waals surface area contributed by atoms with Crippen molar-refractivity contribution < 1.29 is 17.9 Å². The Morgan fingerprint density at radius 3 is 2.68 bits per heavy atom. The van der Waals surface area contributed by atoms with Crippen LogP contribution in [0.1, 0.15) is 19.4 Å². The Kier molecular flexibility index (Phi) is 5.52. The first-order valence-electron chi connectivity index (χ1n) is 6.91. The second-order valence-electron chi connectivity index (χ2n) is 4.45. The van der Waals surface area contributed by atoms with Crippen LogP contribution in [0.3, 0.4) is 0 Å². The van der Waals surface area contributed by atoms with Crippen LogP contribution in [0.4, 0.5) is 13.2 Å². The molecule has 1 heterocycles. The fourth-order valence-corrected chi connectivity index (χ4v) is 2.94. The van der Waals surface area contributed by atoms with Crippen molar-refractivity contribution in [1.82, 2.24) is 9.55 Å². The molecule has 1 aromatic heterocycles. The lowest BCUT2D eigenvalue weighted by Crippen LogP contribution is -2.11. The van der Waals surface area contributed by atoms with Crippen molar-refractivity contribution in [3.05, 3.63) is 36.2 Å². The van der Waals surface area contributed by atoms with Crippen LogP contribution >= 0.6 is 11.8 Å². The third-order valence-corrected chi connectivity index (χ3v) is 3.94. The van der Waals surface area contributed by atoms with Crippen molar-refractivity contribution in [2.75, 3.05) is 12.4 Å². The van der Waals surface area contributed by atoms with Gasteiger partial charge in [0.25, 0.3) is 0 Å². The average Bonchev–Trinajstić information content (AvgIpc) is 2.92. The van der Waals surface area contributed by atoms with Gasteiger partial charge in [-0.05, 0) is 24.8 Å². The number of hydrogen-bond acceptors (Lipinski definition) is 3. The zero-order valence-corrected chi connectivity index (χ0v) is 13.2. The lowest BCUT2D eigenvalue weighted by Gasteiger charge is -2.17. The van der Waals surface area contributed by atoms with Crippen LogP contribution in [0.15, 0.2) is 35.5 Å². The third kappa shape index (κ3) is 3.64. The number of ether oxygens (including phenoxy) is 1. The van der Waals surface area contributed by atoms with Gasteiger partial charge in [0.1, 0.15) is 12.6 Å². The first-order valence-corrected chi connectivity index (χ1v) is 7.89. The Labute approximate surface area is 131 Å². The number of rotatable bonds is 6. The molecule has 7 heteroatoms. The number of imidazole rings is 1. The number of benzene rings is 1. The molecule has 0 amide bonds. The average molecular weight is 330 g/mol. The van der Waals surface area contributed by atoms with Crippen LogP contribution in [0.2, 0.25) is 0 Å². The first-order chi connectivity index (χ1) is 10.5. The third-order valence-electron chi connectivity index (χ3n) is 3.01. The van der Waals surface area contributed by atoms with Gasteiger partial charge >= 0.3 is 6.18 Å². The Bertz CT molecular complexity index is 625. The number of hydrogen-bond donors (Lipinski definition) is 0. The van der Waals surface area contributed by atoms with Crippen LogP contribution in [-0.4, -0.2) is 21.9 Å². The van der Waals surface area contributed by atoms with Crippen molar-refractivity contribution in [3.63, 3.8) is 0 Å². The summed E-state index contributed by atoms with van der Waals surface area (Å²) < 4.78 is 47.0. The van der Waals surface area contributed by atoms with E-state index in [2.05, 4.69) is 4.98 Å². The molecule has 0 bridgehead atoms. The van der Waals surface area contributed by atoms with Crippen molar-refractivity contribution >= 4 is 11.8 Å². The molecule has 2 aromatic rings. The Morgan fingerprint density at radius 2 is 2.05 bits per heavy atom. The quantitative estimate of drug-likeness (QED) is 0.720. The van der Waals surface area contributed by atoms with Gasteiger partial charge in [0, 0.05) is 29.5 Å². The summed E-state index contributed by atoms with van der Waals surface area (Å²) in [5.41, 5.74) is -0.554. The molecule has 0 aliphatic rings. The predicted molar refractivity (Wildman–Crippen MR) is 80.7 cm³/mol. The van der Waals surface area contributed by atoms with Crippen LogP contribution in [-0.2, 0) is 17.6 Å². The van der Waals surface area contributed by atoms with E-state index in [1.54, 1.807) is 16.8 Å². The number of thioether (sulfide) groups is 1. The van der Waals surface area contributed by atoms with E-state index in [1.165, 1.54) is 24.0 Å². The van der Waals surface area contributed by atoms with Gasteiger partial charge in [-0.15, -0.1) is 11.8 Å². The summed E-state index contributed by atoms with van der Waals surface area (Å²) in [6.45, 7) is 4.39. The lowest BCUT2D eigenvalue weighted by molar-refractivity contribution is -0.137. The molecule has 0 aliphatic heterocycles. The summed E-state index contributed by atoms with van der Waals surface area (Å²) in [4.78, 5) is 4.70. The highest BCUT2D eigenvalue weighted by Crippen LogP contribution is 2.41. The minimum absolute atomic E-state index is 0.117. The molecule has 0 radical (unpaired) electrons. The molecule has 0 fully saturated rings. The van der Waals surface area contributed by atoms with Gasteiger partial charge in [-0.3, -0.25) is 0 Å². The molecular formula is C15H17F3N2OS. The van der Waals surface area contributed by atoms with E-state index in [0.29, 0.717) is 17.3 Å². The topological polar surface area (TPSA) is 27.1 Å². The molecule has 2 rings (SSSR count). The first kappa shape index (κ1) is 16.9. The summed E-state index contributed by atoms with van der Waals surface area (Å²) in [6.07, 6.45) is -1.32. The lowest BCUT2D eigenvalue weighted by atomic mass is 10.1. The number of alkyl halides is 3. The summed E-state index contributed by atoms with van der Waals surface area (Å²) in [5, 5.41) is 0. The van der Waals surface area contributed by atoms with E-state index >= 15 is 0 Å². The zero-order chi connectivity index (χ0) is 16.2. The van der Waals surface area contributed by atoms with Gasteiger partial charge in [-0.25, -0.2) is 4.98 Å². The minimum Gasteiger partial charge on any atom is -0.361 e. The molecule has 22 heavy (non-hydrogen) atoms. The van der Waals surface area contributed by atoms with Gasteiger partial charge in [-0.1, -0.05) is 13.0 Å². The van der Waals surface area contributed by atoms with E-state index < -0.39 is 11.7 Å². The highest BCUT2D eigenvalue weighted by Gasteiger charge is 2.35. The summed E-state index contributed by atoms with van der Waals surface area (Å²) >= 11 is 1.37. The van der Waals surface area contributed by atoms with Crippen LogP contribution in [0.25, 0.3) is 11.4 Å². The summed E-state index contributed by atoms with van der Waals surface area (Å²) in [6, 6.07) is 4.22. The maximum Gasteiger partial charge on any atom is 0.417 e. The fraction of sp³-hybridized carbons (Fsp3) is 0.400. The molecular weight excluding hydrogens is 313 g/mol. The van der Waals surface area contributed by atoms with Crippen LogP contribution < -0.4 is 0 Å². The monoisotopic (exact) mass is 330 g/mol. The molecule has 3 nitrogen and oxygen atoms in total. The van der Waals surface area contributed by atoms with E-state index in [9.17, 15) is 13.2 Å². The van der Waals surface area contributed by atoms with Gasteiger partial charge in [-0.2, -0.15) is 13.2 Å². The molecule has 120 valence electrons. The Balaban J connectivity index is 2.59. The van der Waals surface area contributed by atoms with E-state index in [-0.39, 0.29) is 18.1 Å². The molecule has 0 aliphatic carbocycles. The molecule has 0 saturated heterocycles. The van der Waals surface area contributed by atoms with Gasteiger partial charge in [0.05, 0.1) is 5.56 Å². The number of aromatic nitrogens is 2. The van der Waals surface area contributed by atoms with Gasteiger partial charge in [0.2, 0.25) is 0 Å². The van der Waals surface area contributed by atoms with Crippen molar-refractivity contribution in [2.24, 2.45) is 0 Å². The minimum atomic E-state index is -4.43. The number of nitrogens with zero attached hydrogens (tertiary/aromatic N) is 2. The van der Waals surface area contributed by atoms with Crippen LogP contribution in [0.5, 0.6) is 0 Å². The Morgan fingerprint density at radius 1 is 1.27 bits per heavy atom. The largest absolute Gasteiger partial charge is 0.417 e. The summed E-state index contributed by atoms with van der Waals surface area (Å²) in [7, 11) is 0. The Hall–Kier alpha value is -1.47. The second kappa shape index (κ2) is 7.19. The second-order valence-corrected chi connectivity index (χ2v) is 5.76. The normalized spacial score (nSPS) is 11.9.